The van der Waals surface area contributed by atoms with Crippen molar-refractivity contribution in [1.82, 2.24) is 4.98 Å². The molecule has 0 saturated carbocycles. The number of nitrogens with zero attached hydrogens (tertiary/aromatic N) is 3. The Hall–Kier alpha value is -1.61. The number of pyridine rings is 1. The van der Waals surface area contributed by atoms with Gasteiger partial charge in [-0.25, -0.2) is 0 Å². The highest BCUT2D eigenvalue weighted by molar-refractivity contribution is 6.41. The predicted molar refractivity (Wildman–Crippen MR) is 102 cm³/mol. The molecule has 4 unspecified atom stereocenters. The monoisotopic (exact) mass is 423 g/mol. The molecule has 3 heterocycles. The summed E-state index contributed by atoms with van der Waals surface area (Å²) in [5, 5.41) is 32.0. The Balaban J connectivity index is 1.75. The lowest BCUT2D eigenvalue weighted by Gasteiger charge is -2.31. The van der Waals surface area contributed by atoms with Crippen LogP contribution >= 0.6 is 23.2 Å². The van der Waals surface area contributed by atoms with Gasteiger partial charge in [0.2, 0.25) is 0 Å². The minimum atomic E-state index is -1.26. The van der Waals surface area contributed by atoms with Gasteiger partial charge in [-0.05, 0) is 30.7 Å². The quantitative estimate of drug-likeness (QED) is 0.646. The minimum absolute atomic E-state index is 0.348. The molecule has 9 heteroatoms. The normalized spacial score (nSPS) is 27.9. The molecule has 1 aromatic carbocycles. The summed E-state index contributed by atoms with van der Waals surface area (Å²) in [7, 11) is 0. The highest BCUT2D eigenvalue weighted by Crippen LogP contribution is 2.36. The van der Waals surface area contributed by atoms with E-state index in [1.165, 1.54) is 0 Å². The second-order valence-electron chi connectivity index (χ2n) is 6.94. The fraction of sp³-hybridized carbons (Fsp3) is 0.421. The van der Waals surface area contributed by atoms with Crippen molar-refractivity contribution >= 4 is 23.2 Å². The van der Waals surface area contributed by atoms with Crippen LogP contribution in [0.3, 0.4) is 0 Å². The second kappa shape index (κ2) is 7.67. The molecule has 1 fully saturated rings. The first-order valence-corrected chi connectivity index (χ1v) is 9.66. The number of aryl methyl sites for hydroxylation is 1. The first-order chi connectivity index (χ1) is 13.4. The molecule has 1 aromatic heterocycles. The third kappa shape index (κ3) is 3.43. The van der Waals surface area contributed by atoms with Crippen LogP contribution in [0.2, 0.25) is 10.0 Å². The largest absolute Gasteiger partial charge is 0.394 e. The Morgan fingerprint density at radius 3 is 2.25 bits per heavy atom. The molecule has 0 aliphatic carbocycles. The number of halogens is 2. The summed E-state index contributed by atoms with van der Waals surface area (Å²) in [5.41, 5.74) is -0.357. The molecule has 0 radical (unpaired) electrons. The summed E-state index contributed by atoms with van der Waals surface area (Å²) in [4.78, 5) is 13.8. The van der Waals surface area contributed by atoms with Gasteiger partial charge >= 0.3 is 0 Å². The zero-order valence-corrected chi connectivity index (χ0v) is 16.3. The molecule has 0 amide bonds. The molecule has 0 spiro atoms. The van der Waals surface area contributed by atoms with E-state index < -0.39 is 36.7 Å². The summed E-state index contributed by atoms with van der Waals surface area (Å²) >= 11 is 12.2. The van der Waals surface area contributed by atoms with E-state index in [1.54, 1.807) is 18.3 Å². The number of ether oxygens (including phenoxy) is 1. The molecule has 7 nitrogen and oxygen atoms in total. The second-order valence-corrected chi connectivity index (χ2v) is 7.75. The van der Waals surface area contributed by atoms with Crippen LogP contribution in [0.15, 0.2) is 46.5 Å². The smallest absolute Gasteiger partial charge is 0.180 e. The van der Waals surface area contributed by atoms with Crippen molar-refractivity contribution in [3.8, 4) is 0 Å². The Kier molecular flexibility index (Phi) is 5.39. The molecule has 4 atom stereocenters. The molecule has 2 aliphatic heterocycles. The molecule has 28 heavy (non-hydrogen) atoms. The first-order valence-electron chi connectivity index (χ1n) is 8.91. The zero-order chi connectivity index (χ0) is 19.9. The SMILES string of the molecule is OCC1OC(C2(CCc3ccccn3)N=c3cc(Cl)c(Cl)cc3=N2)C(O)C1O. The number of hydrogen-bond acceptors (Lipinski definition) is 7. The average Bonchev–Trinajstić information content (AvgIpc) is 3.19. The van der Waals surface area contributed by atoms with Gasteiger partial charge in [0.1, 0.15) is 24.4 Å². The van der Waals surface area contributed by atoms with E-state index in [1.807, 2.05) is 18.2 Å². The molecule has 2 aromatic rings. The highest BCUT2D eigenvalue weighted by Gasteiger charge is 2.54. The van der Waals surface area contributed by atoms with Gasteiger partial charge in [-0.3, -0.25) is 15.0 Å². The van der Waals surface area contributed by atoms with Gasteiger partial charge < -0.3 is 20.1 Å². The van der Waals surface area contributed by atoms with Gasteiger partial charge in [-0.2, -0.15) is 0 Å². The van der Waals surface area contributed by atoms with Gasteiger partial charge in [0.25, 0.3) is 0 Å². The van der Waals surface area contributed by atoms with Crippen molar-refractivity contribution in [3.05, 3.63) is 63.0 Å². The summed E-state index contributed by atoms with van der Waals surface area (Å²) in [6.07, 6.45) is -1.74. The molecular weight excluding hydrogens is 405 g/mol. The molecule has 0 bridgehead atoms. The zero-order valence-electron chi connectivity index (χ0n) is 14.7. The van der Waals surface area contributed by atoms with Crippen LogP contribution in [0.25, 0.3) is 0 Å². The van der Waals surface area contributed by atoms with Crippen molar-refractivity contribution < 1.29 is 20.1 Å². The summed E-state index contributed by atoms with van der Waals surface area (Å²) < 4.78 is 5.78. The van der Waals surface area contributed by atoms with E-state index in [0.29, 0.717) is 33.6 Å². The minimum Gasteiger partial charge on any atom is -0.394 e. The van der Waals surface area contributed by atoms with Gasteiger partial charge in [-0.1, -0.05) is 29.3 Å². The van der Waals surface area contributed by atoms with E-state index in [4.69, 9.17) is 37.9 Å². The molecule has 1 saturated heterocycles. The maximum absolute atomic E-state index is 10.6. The van der Waals surface area contributed by atoms with Gasteiger partial charge in [0.05, 0.1) is 27.4 Å². The van der Waals surface area contributed by atoms with Crippen molar-refractivity contribution in [1.29, 1.82) is 0 Å². The van der Waals surface area contributed by atoms with Crippen LogP contribution in [0.1, 0.15) is 12.1 Å². The fourth-order valence-electron chi connectivity index (χ4n) is 3.67. The van der Waals surface area contributed by atoms with Crippen LogP contribution in [-0.2, 0) is 11.2 Å². The van der Waals surface area contributed by atoms with E-state index in [0.717, 1.165) is 5.69 Å². The first kappa shape index (κ1) is 19.7. The third-order valence-electron chi connectivity index (χ3n) is 5.12. The van der Waals surface area contributed by atoms with E-state index in [-0.39, 0.29) is 0 Å². The molecular formula is C19H19Cl2N3O4. The number of hydrogen-bond donors (Lipinski definition) is 3. The van der Waals surface area contributed by atoms with E-state index in [9.17, 15) is 15.3 Å². The Morgan fingerprint density at radius 1 is 1.04 bits per heavy atom. The number of rotatable bonds is 5. The lowest BCUT2D eigenvalue weighted by Crippen LogP contribution is -2.47. The maximum atomic E-state index is 10.6. The number of benzene rings is 1. The topological polar surface area (TPSA) is 108 Å². The van der Waals surface area contributed by atoms with E-state index in [2.05, 4.69) is 4.98 Å². The number of aliphatic hydroxyl groups is 3. The fourth-order valence-corrected chi connectivity index (χ4v) is 3.98. The Labute approximate surface area is 171 Å². The van der Waals surface area contributed by atoms with Crippen LogP contribution in [0.5, 0.6) is 0 Å². The van der Waals surface area contributed by atoms with Crippen molar-refractivity contribution in [3.63, 3.8) is 0 Å². The van der Waals surface area contributed by atoms with Crippen molar-refractivity contribution in [2.45, 2.75) is 42.9 Å². The summed E-state index contributed by atoms with van der Waals surface area (Å²) in [6.45, 7) is -0.421. The molecule has 4 rings (SSSR count). The summed E-state index contributed by atoms with van der Waals surface area (Å²) in [6, 6.07) is 8.84. The van der Waals surface area contributed by atoms with E-state index >= 15 is 0 Å². The van der Waals surface area contributed by atoms with Gasteiger partial charge in [0.15, 0.2) is 5.66 Å². The van der Waals surface area contributed by atoms with Gasteiger partial charge in [0, 0.05) is 18.3 Å². The van der Waals surface area contributed by atoms with Crippen LogP contribution in [0, 0.1) is 0 Å². The van der Waals surface area contributed by atoms with Crippen molar-refractivity contribution in [2.24, 2.45) is 9.98 Å². The number of aliphatic hydroxyl groups excluding tert-OH is 3. The Bertz CT molecular complexity index is 948. The average molecular weight is 424 g/mol. The van der Waals surface area contributed by atoms with Crippen LogP contribution in [-0.4, -0.2) is 57.0 Å². The molecule has 148 valence electrons. The molecule has 3 N–H and O–H groups in total. The number of aromatic nitrogens is 1. The molecule has 2 aliphatic rings. The standard InChI is InChI=1S/C19H19Cl2N3O4/c20-11-7-13-14(8-12(11)21)24-19(23-13,5-4-10-3-1-2-6-22-10)18-17(27)16(26)15(9-25)28-18/h1-3,6-8,15-18,25-27H,4-5,9H2. The van der Waals surface area contributed by atoms with Gasteiger partial charge in [-0.15, -0.1) is 0 Å². The third-order valence-corrected chi connectivity index (χ3v) is 5.84. The summed E-state index contributed by atoms with van der Waals surface area (Å²) in [5.74, 6) is 0. The van der Waals surface area contributed by atoms with Crippen molar-refractivity contribution in [2.75, 3.05) is 6.61 Å². The highest BCUT2D eigenvalue weighted by atomic mass is 35.5. The number of fused-ring (bicyclic) bond motifs is 1. The lowest BCUT2D eigenvalue weighted by molar-refractivity contribution is -0.0516. The maximum Gasteiger partial charge on any atom is 0.180 e. The lowest BCUT2D eigenvalue weighted by atomic mass is 9.92. The Morgan fingerprint density at radius 2 is 1.71 bits per heavy atom. The van der Waals surface area contributed by atoms with Crippen LogP contribution in [0.4, 0.5) is 0 Å². The predicted octanol–water partition coefficient (Wildman–Crippen LogP) is 0.452. The van der Waals surface area contributed by atoms with Crippen LogP contribution < -0.4 is 10.7 Å².